The molecule has 0 saturated carbocycles. The standard InChI is InChI=1S/C13H13N3O3/c1-15-9-12(17)16(13(15)18)6-7-19-11-5-3-2-4-10(11)8-14/h2-5H,6-7,9H2,1H3. The van der Waals surface area contributed by atoms with E-state index in [0.717, 1.165) is 4.90 Å². The number of likely N-dealkylation sites (N-methyl/N-ethyl adjacent to an activating group) is 1. The predicted octanol–water partition coefficient (Wildman–Crippen LogP) is 0.831. The Morgan fingerprint density at radius 3 is 2.74 bits per heavy atom. The van der Waals surface area contributed by atoms with Gasteiger partial charge < -0.3 is 9.64 Å². The number of para-hydroxylation sites is 1. The normalized spacial score (nSPS) is 14.7. The van der Waals surface area contributed by atoms with Crippen LogP contribution in [0.4, 0.5) is 4.79 Å². The quantitative estimate of drug-likeness (QED) is 0.751. The van der Waals surface area contributed by atoms with Gasteiger partial charge in [0, 0.05) is 7.05 Å². The second-order valence-electron chi connectivity index (χ2n) is 4.14. The number of hydrogen-bond donors (Lipinski definition) is 0. The SMILES string of the molecule is CN1CC(=O)N(CCOc2ccccc2C#N)C1=O. The van der Waals surface area contributed by atoms with E-state index in [2.05, 4.69) is 0 Å². The Labute approximate surface area is 110 Å². The summed E-state index contributed by atoms with van der Waals surface area (Å²) in [6.45, 7) is 0.458. The summed E-state index contributed by atoms with van der Waals surface area (Å²) in [5.74, 6) is 0.224. The number of nitriles is 1. The summed E-state index contributed by atoms with van der Waals surface area (Å²) in [6, 6.07) is 8.53. The third-order valence-electron chi connectivity index (χ3n) is 2.81. The van der Waals surface area contributed by atoms with Crippen LogP contribution in [0.1, 0.15) is 5.56 Å². The van der Waals surface area contributed by atoms with Crippen LogP contribution in [-0.2, 0) is 4.79 Å². The molecule has 3 amide bonds. The number of imide groups is 1. The van der Waals surface area contributed by atoms with E-state index in [1.165, 1.54) is 4.90 Å². The van der Waals surface area contributed by atoms with E-state index in [4.69, 9.17) is 10.00 Å². The summed E-state index contributed by atoms with van der Waals surface area (Å²) in [5.41, 5.74) is 0.429. The van der Waals surface area contributed by atoms with E-state index >= 15 is 0 Å². The van der Waals surface area contributed by atoms with Gasteiger partial charge in [0.25, 0.3) is 0 Å². The first-order valence-corrected chi connectivity index (χ1v) is 5.81. The highest BCUT2D eigenvalue weighted by molar-refractivity contribution is 6.01. The van der Waals surface area contributed by atoms with Gasteiger partial charge in [-0.05, 0) is 12.1 Å². The number of nitrogens with zero attached hydrogens (tertiary/aromatic N) is 3. The van der Waals surface area contributed by atoms with Gasteiger partial charge in [0.05, 0.1) is 12.1 Å². The zero-order valence-corrected chi connectivity index (χ0v) is 10.5. The van der Waals surface area contributed by atoms with Crippen LogP contribution in [0.25, 0.3) is 0 Å². The van der Waals surface area contributed by atoms with Gasteiger partial charge in [-0.15, -0.1) is 0 Å². The molecule has 2 rings (SSSR count). The topological polar surface area (TPSA) is 73.6 Å². The van der Waals surface area contributed by atoms with E-state index in [-0.39, 0.29) is 31.6 Å². The fourth-order valence-corrected chi connectivity index (χ4v) is 1.82. The third-order valence-corrected chi connectivity index (χ3v) is 2.81. The number of carbonyl (C=O) groups excluding carboxylic acids is 2. The molecule has 0 unspecified atom stereocenters. The van der Waals surface area contributed by atoms with Crippen LogP contribution in [0.3, 0.4) is 0 Å². The van der Waals surface area contributed by atoms with Crippen molar-refractivity contribution in [2.45, 2.75) is 0 Å². The van der Waals surface area contributed by atoms with Crippen molar-refractivity contribution in [1.82, 2.24) is 9.80 Å². The maximum absolute atomic E-state index is 11.6. The summed E-state index contributed by atoms with van der Waals surface area (Å²) >= 11 is 0. The summed E-state index contributed by atoms with van der Waals surface area (Å²) in [6.07, 6.45) is 0. The highest BCUT2D eigenvalue weighted by Gasteiger charge is 2.33. The Balaban J connectivity index is 1.92. The molecular weight excluding hydrogens is 246 g/mol. The van der Waals surface area contributed by atoms with Gasteiger partial charge >= 0.3 is 6.03 Å². The molecule has 1 heterocycles. The van der Waals surface area contributed by atoms with Crippen molar-refractivity contribution < 1.29 is 14.3 Å². The minimum atomic E-state index is -0.317. The molecule has 1 fully saturated rings. The molecule has 0 aliphatic carbocycles. The van der Waals surface area contributed by atoms with Crippen molar-refractivity contribution in [2.75, 3.05) is 26.7 Å². The first-order valence-electron chi connectivity index (χ1n) is 5.81. The van der Waals surface area contributed by atoms with Crippen LogP contribution >= 0.6 is 0 Å². The van der Waals surface area contributed by atoms with Crippen molar-refractivity contribution in [3.8, 4) is 11.8 Å². The lowest BCUT2D eigenvalue weighted by molar-refractivity contribution is -0.125. The van der Waals surface area contributed by atoms with Crippen molar-refractivity contribution in [2.24, 2.45) is 0 Å². The average Bonchev–Trinajstić information content (AvgIpc) is 2.65. The van der Waals surface area contributed by atoms with Gasteiger partial charge in [-0.3, -0.25) is 9.69 Å². The summed E-state index contributed by atoms with van der Waals surface area (Å²) in [4.78, 5) is 25.6. The lowest BCUT2D eigenvalue weighted by Gasteiger charge is -2.14. The monoisotopic (exact) mass is 259 g/mol. The molecule has 0 atom stereocenters. The summed E-state index contributed by atoms with van der Waals surface area (Å²) in [7, 11) is 1.58. The second kappa shape index (κ2) is 5.40. The number of hydrogen-bond acceptors (Lipinski definition) is 4. The van der Waals surface area contributed by atoms with Crippen molar-refractivity contribution >= 4 is 11.9 Å². The Morgan fingerprint density at radius 1 is 1.37 bits per heavy atom. The Morgan fingerprint density at radius 2 is 2.11 bits per heavy atom. The molecule has 0 spiro atoms. The summed E-state index contributed by atoms with van der Waals surface area (Å²) in [5, 5.41) is 8.89. The van der Waals surface area contributed by atoms with Gasteiger partial charge in [0.2, 0.25) is 5.91 Å². The lowest BCUT2D eigenvalue weighted by Crippen LogP contribution is -2.35. The van der Waals surface area contributed by atoms with Crippen molar-refractivity contribution in [3.63, 3.8) is 0 Å². The number of rotatable bonds is 4. The van der Waals surface area contributed by atoms with Crippen LogP contribution in [0, 0.1) is 11.3 Å². The number of ether oxygens (including phenoxy) is 1. The molecule has 0 aromatic heterocycles. The molecule has 0 bridgehead atoms. The third kappa shape index (κ3) is 2.65. The smallest absolute Gasteiger partial charge is 0.327 e. The molecule has 6 nitrogen and oxygen atoms in total. The molecule has 1 aromatic carbocycles. The largest absolute Gasteiger partial charge is 0.490 e. The highest BCUT2D eigenvalue weighted by atomic mass is 16.5. The van der Waals surface area contributed by atoms with E-state index in [1.54, 1.807) is 31.3 Å². The average molecular weight is 259 g/mol. The molecule has 19 heavy (non-hydrogen) atoms. The predicted molar refractivity (Wildman–Crippen MR) is 66.4 cm³/mol. The molecule has 1 aromatic rings. The zero-order valence-electron chi connectivity index (χ0n) is 10.5. The minimum absolute atomic E-state index is 0.105. The van der Waals surface area contributed by atoms with Crippen LogP contribution in [0.5, 0.6) is 5.75 Å². The van der Waals surface area contributed by atoms with Crippen LogP contribution in [0.15, 0.2) is 24.3 Å². The summed E-state index contributed by atoms with van der Waals surface area (Å²) < 4.78 is 5.43. The van der Waals surface area contributed by atoms with Crippen molar-refractivity contribution in [1.29, 1.82) is 5.26 Å². The Kier molecular flexibility index (Phi) is 3.66. The van der Waals surface area contributed by atoms with Crippen molar-refractivity contribution in [3.05, 3.63) is 29.8 Å². The molecule has 0 radical (unpaired) electrons. The molecule has 1 aliphatic rings. The fraction of sp³-hybridized carbons (Fsp3) is 0.308. The number of urea groups is 1. The van der Waals surface area contributed by atoms with Gasteiger partial charge in [-0.25, -0.2) is 4.79 Å². The molecule has 0 N–H and O–H groups in total. The molecule has 1 saturated heterocycles. The van der Waals surface area contributed by atoms with Gasteiger partial charge in [0.15, 0.2) is 0 Å². The molecule has 1 aliphatic heterocycles. The van der Waals surface area contributed by atoms with Gasteiger partial charge in [0.1, 0.15) is 25.0 Å². The van der Waals surface area contributed by atoms with Crippen LogP contribution in [0.2, 0.25) is 0 Å². The maximum atomic E-state index is 11.6. The Bertz CT molecular complexity index is 550. The fourth-order valence-electron chi connectivity index (χ4n) is 1.82. The second-order valence-corrected chi connectivity index (χ2v) is 4.14. The van der Waals surface area contributed by atoms with Gasteiger partial charge in [-0.1, -0.05) is 12.1 Å². The first kappa shape index (κ1) is 12.9. The van der Waals surface area contributed by atoms with E-state index in [9.17, 15) is 9.59 Å². The first-order chi connectivity index (χ1) is 9.13. The van der Waals surface area contributed by atoms with E-state index in [0.29, 0.717) is 11.3 Å². The highest BCUT2D eigenvalue weighted by Crippen LogP contribution is 2.16. The molecule has 6 heteroatoms. The Hall–Kier alpha value is -2.55. The molecule has 98 valence electrons. The number of benzene rings is 1. The van der Waals surface area contributed by atoms with E-state index < -0.39 is 0 Å². The van der Waals surface area contributed by atoms with E-state index in [1.807, 2.05) is 6.07 Å². The number of amides is 3. The maximum Gasteiger partial charge on any atom is 0.327 e. The van der Waals surface area contributed by atoms with Crippen LogP contribution < -0.4 is 4.74 Å². The van der Waals surface area contributed by atoms with Crippen LogP contribution in [-0.4, -0.2) is 48.5 Å². The number of carbonyl (C=O) groups is 2. The zero-order chi connectivity index (χ0) is 13.8. The lowest BCUT2D eigenvalue weighted by atomic mass is 10.2. The molecular formula is C13H13N3O3. The van der Waals surface area contributed by atoms with Gasteiger partial charge in [-0.2, -0.15) is 5.26 Å². The minimum Gasteiger partial charge on any atom is -0.490 e.